The van der Waals surface area contributed by atoms with E-state index in [1.807, 2.05) is 0 Å². The second kappa shape index (κ2) is 5.72. The van der Waals surface area contributed by atoms with Gasteiger partial charge < -0.3 is 9.84 Å². The van der Waals surface area contributed by atoms with E-state index in [0.717, 1.165) is 6.07 Å². The van der Waals surface area contributed by atoms with Crippen molar-refractivity contribution in [3.05, 3.63) is 34.9 Å². The number of carbonyl (C=O) groups excluding carboxylic acids is 1. The van der Waals surface area contributed by atoms with E-state index < -0.39 is 30.5 Å². The molecule has 0 radical (unpaired) electrons. The highest BCUT2D eigenvalue weighted by Gasteiger charge is 2.68. The molecule has 0 aliphatic rings. The second-order valence-corrected chi connectivity index (χ2v) is 4.32. The Hall–Kier alpha value is -1.48. The molecule has 10 heteroatoms. The summed E-state index contributed by atoms with van der Waals surface area (Å²) in [5, 5.41) is 11.1. The molecule has 0 saturated carbocycles. The smallest absolute Gasteiger partial charge is 0.399 e. The summed E-state index contributed by atoms with van der Waals surface area (Å²) in [6.07, 6.45) is -12.8. The maximum Gasteiger partial charge on any atom is 0.399 e. The van der Waals surface area contributed by atoms with Crippen molar-refractivity contribution in [2.75, 3.05) is 0 Å². The largest absolute Gasteiger partial charge is 0.828 e. The first kappa shape index (κ1) is 17.6. The zero-order chi connectivity index (χ0) is 16.5. The van der Waals surface area contributed by atoms with E-state index in [-0.39, 0.29) is 10.6 Å². The highest BCUT2D eigenvalue weighted by molar-refractivity contribution is 6.30. The summed E-state index contributed by atoms with van der Waals surface area (Å²) in [6, 6.07) is 5.12. The fourth-order valence-corrected chi connectivity index (χ4v) is 1.48. The first-order valence-electron chi connectivity index (χ1n) is 5.15. The number of ether oxygens (including phenoxy) is 1. The van der Waals surface area contributed by atoms with Crippen LogP contribution in [0.2, 0.25) is 5.02 Å². The van der Waals surface area contributed by atoms with Crippen molar-refractivity contribution in [2.45, 2.75) is 24.6 Å². The first-order chi connectivity index (χ1) is 9.39. The van der Waals surface area contributed by atoms with Crippen LogP contribution in [0.15, 0.2) is 24.3 Å². The second-order valence-electron chi connectivity index (χ2n) is 3.88. The minimum Gasteiger partial charge on any atom is -0.828 e. The van der Waals surface area contributed by atoms with Gasteiger partial charge in [-0.1, -0.05) is 23.7 Å². The van der Waals surface area contributed by atoms with Gasteiger partial charge in [-0.25, -0.2) is 0 Å². The quantitative estimate of drug-likeness (QED) is 0.630. The molecule has 0 saturated heterocycles. The Morgan fingerprint density at radius 1 is 1.14 bits per heavy atom. The van der Waals surface area contributed by atoms with Crippen molar-refractivity contribution in [2.24, 2.45) is 0 Å². The highest BCUT2D eigenvalue weighted by atomic mass is 35.5. The summed E-state index contributed by atoms with van der Waals surface area (Å²) >= 11 is 5.53. The molecule has 0 N–H and O–H groups in total. The van der Waals surface area contributed by atoms with Crippen molar-refractivity contribution < 1.29 is 41.0 Å². The van der Waals surface area contributed by atoms with Crippen LogP contribution in [0, 0.1) is 0 Å². The van der Waals surface area contributed by atoms with Gasteiger partial charge in [-0.05, 0) is 17.7 Å². The summed E-state index contributed by atoms with van der Waals surface area (Å²) in [7, 11) is 0. The summed E-state index contributed by atoms with van der Waals surface area (Å²) in [5.74, 6) is -2.97. The molecule has 0 fully saturated rings. The summed E-state index contributed by atoms with van der Waals surface area (Å²) < 4.78 is 77.6. The van der Waals surface area contributed by atoms with Crippen LogP contribution in [0.25, 0.3) is 0 Å². The molecule has 1 aromatic carbocycles. The van der Waals surface area contributed by atoms with Crippen molar-refractivity contribution in [3.8, 4) is 0 Å². The van der Waals surface area contributed by atoms with Crippen molar-refractivity contribution in [1.82, 2.24) is 0 Å². The molecular formula is C11H6ClF6O3-. The van der Waals surface area contributed by atoms with Gasteiger partial charge in [-0.15, -0.1) is 0 Å². The van der Waals surface area contributed by atoms with Gasteiger partial charge in [0.2, 0.25) is 0 Å². The van der Waals surface area contributed by atoms with E-state index in [2.05, 4.69) is 4.74 Å². The van der Waals surface area contributed by atoms with E-state index in [1.54, 1.807) is 0 Å². The van der Waals surface area contributed by atoms with E-state index in [0.29, 0.717) is 0 Å². The van der Waals surface area contributed by atoms with Crippen LogP contribution in [0.3, 0.4) is 0 Å². The van der Waals surface area contributed by atoms with Gasteiger partial charge in [0.15, 0.2) is 5.60 Å². The molecule has 0 aliphatic carbocycles. The zero-order valence-corrected chi connectivity index (χ0v) is 10.6. The number of alkyl halides is 6. The van der Waals surface area contributed by atoms with Gasteiger partial charge in [0.25, 0.3) is 0 Å². The minimum atomic E-state index is -6.38. The molecule has 0 spiro atoms. The van der Waals surface area contributed by atoms with Gasteiger partial charge in [0, 0.05) is 5.02 Å². The molecule has 1 aromatic rings. The van der Waals surface area contributed by atoms with Crippen LogP contribution in [0.1, 0.15) is 5.56 Å². The third-order valence-corrected chi connectivity index (χ3v) is 2.58. The van der Waals surface area contributed by atoms with Crippen molar-refractivity contribution in [3.63, 3.8) is 0 Å². The van der Waals surface area contributed by atoms with Crippen LogP contribution in [-0.4, -0.2) is 23.9 Å². The van der Waals surface area contributed by atoms with Crippen molar-refractivity contribution in [1.29, 1.82) is 0 Å². The maximum atomic E-state index is 12.3. The summed E-state index contributed by atoms with van der Waals surface area (Å²) in [4.78, 5) is 11.0. The number of rotatable bonds is 3. The molecule has 0 aromatic heterocycles. The van der Waals surface area contributed by atoms with Crippen molar-refractivity contribution >= 4 is 17.6 Å². The summed E-state index contributed by atoms with van der Waals surface area (Å²) in [6.45, 7) is -0.949. The van der Waals surface area contributed by atoms with E-state index in [4.69, 9.17) is 11.6 Å². The standard InChI is InChI=1S/C11H6ClF6O3/c12-7-3-1-2-6(4-7)5-21-8(19)9(20,10(13,14)15)11(16,17)18/h1-4H,5H2/q-1. The SMILES string of the molecule is O=C(OCc1cccc(Cl)c1)C([O-])(C(F)(F)F)C(F)(F)F. The van der Waals surface area contributed by atoms with Crippen LogP contribution in [-0.2, 0) is 16.1 Å². The Morgan fingerprint density at radius 3 is 2.10 bits per heavy atom. The minimum absolute atomic E-state index is 0.0301. The number of hydrogen-bond donors (Lipinski definition) is 0. The number of esters is 1. The third-order valence-electron chi connectivity index (χ3n) is 2.34. The van der Waals surface area contributed by atoms with Gasteiger partial charge in [0.1, 0.15) is 6.61 Å². The number of hydrogen-bond acceptors (Lipinski definition) is 3. The van der Waals surface area contributed by atoms with E-state index >= 15 is 0 Å². The lowest BCUT2D eigenvalue weighted by molar-refractivity contribution is -0.574. The first-order valence-corrected chi connectivity index (χ1v) is 5.53. The number of halogens is 7. The van der Waals surface area contributed by atoms with E-state index in [9.17, 15) is 36.2 Å². The van der Waals surface area contributed by atoms with Crippen LogP contribution in [0.5, 0.6) is 0 Å². The van der Waals surface area contributed by atoms with Crippen LogP contribution < -0.4 is 5.11 Å². The monoisotopic (exact) mass is 335 g/mol. The van der Waals surface area contributed by atoms with Crippen LogP contribution >= 0.6 is 11.6 Å². The van der Waals surface area contributed by atoms with Gasteiger partial charge in [-0.3, -0.25) is 4.79 Å². The topological polar surface area (TPSA) is 49.4 Å². The molecule has 0 atom stereocenters. The number of carbonyl (C=O) groups is 1. The Kier molecular flexibility index (Phi) is 4.79. The summed E-state index contributed by atoms with van der Waals surface area (Å²) in [5.41, 5.74) is -5.80. The zero-order valence-electron chi connectivity index (χ0n) is 9.89. The van der Waals surface area contributed by atoms with Gasteiger partial charge in [-0.2, -0.15) is 26.3 Å². The molecule has 3 nitrogen and oxygen atoms in total. The Labute approximate surface area is 119 Å². The Balaban J connectivity index is 2.94. The lowest BCUT2D eigenvalue weighted by Gasteiger charge is -2.40. The lowest BCUT2D eigenvalue weighted by Crippen LogP contribution is -2.71. The molecular weight excluding hydrogens is 330 g/mol. The maximum absolute atomic E-state index is 12.3. The normalized spacial score (nSPS) is 13.1. The number of benzene rings is 1. The van der Waals surface area contributed by atoms with E-state index in [1.165, 1.54) is 18.2 Å². The molecule has 0 unspecified atom stereocenters. The highest BCUT2D eigenvalue weighted by Crippen LogP contribution is 2.41. The molecule has 1 rings (SSSR count). The average molecular weight is 336 g/mol. The molecule has 21 heavy (non-hydrogen) atoms. The molecule has 0 heterocycles. The van der Waals surface area contributed by atoms with Crippen LogP contribution in [0.4, 0.5) is 26.3 Å². The fraction of sp³-hybridized carbons (Fsp3) is 0.364. The Morgan fingerprint density at radius 2 is 1.67 bits per heavy atom. The fourth-order valence-electron chi connectivity index (χ4n) is 1.27. The molecule has 0 amide bonds. The van der Waals surface area contributed by atoms with Gasteiger partial charge >= 0.3 is 18.3 Å². The average Bonchev–Trinajstić information content (AvgIpc) is 2.32. The lowest BCUT2D eigenvalue weighted by atomic mass is 10.0. The molecule has 0 bridgehead atoms. The Bertz CT molecular complexity index is 511. The molecule has 118 valence electrons. The molecule has 0 aliphatic heterocycles. The predicted molar refractivity (Wildman–Crippen MR) is 56.1 cm³/mol. The third kappa shape index (κ3) is 3.59. The van der Waals surface area contributed by atoms with Gasteiger partial charge in [0.05, 0.1) is 0 Å². The predicted octanol–water partition coefficient (Wildman–Crippen LogP) is 2.61.